The van der Waals surface area contributed by atoms with Crippen LogP contribution in [0.25, 0.3) is 0 Å². The first kappa shape index (κ1) is 19.1. The topological polar surface area (TPSA) is 47.2 Å². The Kier molecular flexibility index (Phi) is 6.48. The van der Waals surface area contributed by atoms with Crippen LogP contribution in [0, 0.1) is 5.82 Å². The van der Waals surface area contributed by atoms with Crippen molar-refractivity contribution in [3.8, 4) is 5.75 Å². The number of piperazine rings is 1. The molecule has 1 aromatic rings. The lowest BCUT2D eigenvalue weighted by atomic mass is 10.1. The van der Waals surface area contributed by atoms with Gasteiger partial charge in [-0.3, -0.25) is 4.79 Å². The van der Waals surface area contributed by atoms with Crippen molar-refractivity contribution in [3.63, 3.8) is 0 Å². The fourth-order valence-electron chi connectivity index (χ4n) is 4.27. The minimum Gasteiger partial charge on any atom is -0.496 e. The highest BCUT2D eigenvalue weighted by atomic mass is 19.1. The lowest BCUT2D eigenvalue weighted by Gasteiger charge is -2.33. The number of nitrogens with one attached hydrogen (secondary N) is 3. The molecule has 0 unspecified atom stereocenters. The molecular weight excluding hydrogens is 333 g/mol. The van der Waals surface area contributed by atoms with E-state index < -0.39 is 0 Å². The van der Waals surface area contributed by atoms with E-state index in [9.17, 15) is 9.18 Å². The number of benzene rings is 1. The zero-order valence-corrected chi connectivity index (χ0v) is 15.9. The Morgan fingerprint density at radius 3 is 2.62 bits per heavy atom. The first-order valence-corrected chi connectivity index (χ1v) is 9.87. The molecule has 1 aliphatic carbocycles. The normalized spacial score (nSPS) is 25.0. The first-order chi connectivity index (χ1) is 12.6. The van der Waals surface area contributed by atoms with Gasteiger partial charge in [0.05, 0.1) is 12.7 Å². The summed E-state index contributed by atoms with van der Waals surface area (Å²) in [6.45, 7) is 6.70. The summed E-state index contributed by atoms with van der Waals surface area (Å²) >= 11 is 0. The molecule has 6 heteroatoms. The molecule has 2 aliphatic rings. The molecule has 0 aromatic heterocycles. The highest BCUT2D eigenvalue weighted by Crippen LogP contribution is 2.18. The van der Waals surface area contributed by atoms with Gasteiger partial charge in [0.2, 0.25) is 0 Å². The van der Waals surface area contributed by atoms with E-state index >= 15 is 0 Å². The quantitative estimate of drug-likeness (QED) is 0.641. The molecule has 1 heterocycles. The lowest BCUT2D eigenvalue weighted by Crippen LogP contribution is -3.29. The Morgan fingerprint density at radius 2 is 1.96 bits per heavy atom. The summed E-state index contributed by atoms with van der Waals surface area (Å²) in [4.78, 5) is 15.3. The van der Waals surface area contributed by atoms with Gasteiger partial charge in [-0.05, 0) is 38.0 Å². The number of amides is 1. The number of hydrogen-bond acceptors (Lipinski definition) is 2. The van der Waals surface area contributed by atoms with Crippen LogP contribution in [-0.2, 0) is 11.3 Å². The van der Waals surface area contributed by atoms with Crippen LogP contribution in [0.4, 0.5) is 4.39 Å². The van der Waals surface area contributed by atoms with Crippen molar-refractivity contribution in [3.05, 3.63) is 29.6 Å². The van der Waals surface area contributed by atoms with E-state index in [4.69, 9.17) is 4.74 Å². The van der Waals surface area contributed by atoms with Gasteiger partial charge in [0.1, 0.15) is 44.3 Å². The number of carbonyl (C=O) groups excluding carboxylic acids is 1. The van der Waals surface area contributed by atoms with Crippen molar-refractivity contribution >= 4 is 5.91 Å². The fraction of sp³-hybridized carbons (Fsp3) is 0.650. The molecular formula is C20H32FN3O2+2. The maximum Gasteiger partial charge on any atom is 0.278 e. The summed E-state index contributed by atoms with van der Waals surface area (Å²) < 4.78 is 18.9. The monoisotopic (exact) mass is 365 g/mol. The van der Waals surface area contributed by atoms with Gasteiger partial charge in [0, 0.05) is 6.04 Å². The van der Waals surface area contributed by atoms with E-state index in [2.05, 4.69) is 5.32 Å². The maximum atomic E-state index is 13.5. The van der Waals surface area contributed by atoms with Crippen molar-refractivity contribution in [2.75, 3.05) is 33.3 Å². The number of hydrogen-bond donors (Lipinski definition) is 3. The molecule has 1 amide bonds. The fourth-order valence-corrected chi connectivity index (χ4v) is 4.27. The Labute approximate surface area is 155 Å². The highest BCUT2D eigenvalue weighted by molar-refractivity contribution is 5.80. The first-order valence-electron chi connectivity index (χ1n) is 9.87. The minimum atomic E-state index is -0.221. The van der Waals surface area contributed by atoms with E-state index in [1.165, 1.54) is 28.7 Å². The van der Waals surface area contributed by atoms with Crippen molar-refractivity contribution in [2.45, 2.75) is 51.2 Å². The van der Waals surface area contributed by atoms with E-state index in [0.29, 0.717) is 6.04 Å². The standard InChI is InChI=1S/C20H30FN3O2/c1-15(20(25)22-18-5-3-4-6-18)24-11-9-23(10-12-24)14-16-13-17(21)7-8-19(16)26-2/h7-8,13,15,18H,3-6,9-12,14H2,1-2H3,(H,22,25)/p+2/t15-/m0/s1. The number of ether oxygens (including phenoxy) is 1. The van der Waals surface area contributed by atoms with Gasteiger partial charge in [-0.25, -0.2) is 4.39 Å². The van der Waals surface area contributed by atoms with Crippen LogP contribution >= 0.6 is 0 Å². The zero-order valence-electron chi connectivity index (χ0n) is 15.9. The molecule has 3 rings (SSSR count). The molecule has 0 spiro atoms. The third-order valence-corrected chi connectivity index (χ3v) is 5.99. The van der Waals surface area contributed by atoms with Crippen LogP contribution in [-0.4, -0.2) is 51.3 Å². The van der Waals surface area contributed by atoms with E-state index in [1.807, 2.05) is 6.92 Å². The second kappa shape index (κ2) is 8.82. The van der Waals surface area contributed by atoms with Crippen LogP contribution in [0.1, 0.15) is 38.2 Å². The van der Waals surface area contributed by atoms with Crippen LogP contribution in [0.15, 0.2) is 18.2 Å². The molecule has 1 saturated carbocycles. The zero-order chi connectivity index (χ0) is 18.5. The number of methoxy groups -OCH3 is 1. The molecule has 1 saturated heterocycles. The second-order valence-electron chi connectivity index (χ2n) is 7.75. The predicted octanol–water partition coefficient (Wildman–Crippen LogP) is -0.435. The van der Waals surface area contributed by atoms with Crippen molar-refractivity contribution in [1.29, 1.82) is 0 Å². The van der Waals surface area contributed by atoms with E-state index in [1.54, 1.807) is 19.2 Å². The average Bonchev–Trinajstić information content (AvgIpc) is 3.15. The summed E-state index contributed by atoms with van der Waals surface area (Å²) in [7, 11) is 1.62. The minimum absolute atomic E-state index is 0.000792. The summed E-state index contributed by atoms with van der Waals surface area (Å²) in [5.74, 6) is 0.724. The van der Waals surface area contributed by atoms with Gasteiger partial charge >= 0.3 is 0 Å². The number of halogens is 1. The summed E-state index contributed by atoms with van der Waals surface area (Å²) in [5, 5.41) is 3.22. The average molecular weight is 365 g/mol. The van der Waals surface area contributed by atoms with Crippen molar-refractivity contribution in [2.24, 2.45) is 0 Å². The molecule has 1 aromatic carbocycles. The molecule has 26 heavy (non-hydrogen) atoms. The Hall–Kier alpha value is -1.66. The lowest BCUT2D eigenvalue weighted by molar-refractivity contribution is -1.02. The van der Waals surface area contributed by atoms with Crippen LogP contribution in [0.5, 0.6) is 5.75 Å². The van der Waals surface area contributed by atoms with Gasteiger partial charge in [-0.2, -0.15) is 0 Å². The van der Waals surface area contributed by atoms with Gasteiger partial charge in [-0.1, -0.05) is 12.8 Å². The van der Waals surface area contributed by atoms with Crippen LogP contribution in [0.2, 0.25) is 0 Å². The van der Waals surface area contributed by atoms with Gasteiger partial charge in [0.25, 0.3) is 5.91 Å². The largest absolute Gasteiger partial charge is 0.496 e. The third kappa shape index (κ3) is 4.74. The number of carbonyl (C=O) groups is 1. The number of quaternary nitrogens is 2. The van der Waals surface area contributed by atoms with Gasteiger partial charge in [-0.15, -0.1) is 0 Å². The molecule has 0 bridgehead atoms. The molecule has 2 fully saturated rings. The second-order valence-corrected chi connectivity index (χ2v) is 7.75. The Bertz CT molecular complexity index is 611. The molecule has 1 atom stereocenters. The maximum absolute atomic E-state index is 13.5. The Balaban J connectivity index is 1.49. The predicted molar refractivity (Wildman–Crippen MR) is 97.9 cm³/mol. The van der Waals surface area contributed by atoms with E-state index in [0.717, 1.165) is 56.9 Å². The van der Waals surface area contributed by atoms with Gasteiger partial charge < -0.3 is 19.9 Å². The van der Waals surface area contributed by atoms with Crippen LogP contribution in [0.3, 0.4) is 0 Å². The number of rotatable bonds is 6. The molecule has 1 aliphatic heterocycles. The molecule has 5 nitrogen and oxygen atoms in total. The molecule has 144 valence electrons. The summed E-state index contributed by atoms with van der Waals surface area (Å²) in [5.41, 5.74) is 0.915. The van der Waals surface area contributed by atoms with Crippen molar-refractivity contribution in [1.82, 2.24) is 5.32 Å². The van der Waals surface area contributed by atoms with Crippen molar-refractivity contribution < 1.29 is 23.7 Å². The molecule has 3 N–H and O–H groups in total. The highest BCUT2D eigenvalue weighted by Gasteiger charge is 2.32. The summed E-state index contributed by atoms with van der Waals surface area (Å²) in [6, 6.07) is 5.09. The van der Waals surface area contributed by atoms with Gasteiger partial charge in [0.15, 0.2) is 6.04 Å². The molecule has 0 radical (unpaired) electrons. The smallest absolute Gasteiger partial charge is 0.278 e. The SMILES string of the molecule is COc1ccc(F)cc1C[NH+]1CC[NH+]([C@@H](C)C(=O)NC2CCCC2)CC1. The Morgan fingerprint density at radius 1 is 1.27 bits per heavy atom. The summed E-state index contributed by atoms with van der Waals surface area (Å²) in [6.07, 6.45) is 4.72. The third-order valence-electron chi connectivity index (χ3n) is 5.99. The van der Waals surface area contributed by atoms with E-state index in [-0.39, 0.29) is 17.8 Å². The van der Waals surface area contributed by atoms with Crippen LogP contribution < -0.4 is 19.9 Å².